The van der Waals surface area contributed by atoms with Gasteiger partial charge >= 0.3 is 6.18 Å². The second-order valence-corrected chi connectivity index (χ2v) is 9.22. The summed E-state index contributed by atoms with van der Waals surface area (Å²) in [6.07, 6.45) is -1.65. The third-order valence-electron chi connectivity index (χ3n) is 6.27. The first-order chi connectivity index (χ1) is 16.6. The number of likely N-dealkylation sites (tertiary alicyclic amines) is 1. The molecule has 1 aromatic heterocycles. The highest BCUT2D eigenvalue weighted by atomic mass is 35.5. The Bertz CT molecular complexity index is 1270. The second-order valence-electron chi connectivity index (χ2n) is 8.81. The molecule has 10 heteroatoms. The Balaban J connectivity index is 1.40. The van der Waals surface area contributed by atoms with Crippen LogP contribution in [-0.4, -0.2) is 53.2 Å². The van der Waals surface area contributed by atoms with E-state index in [1.54, 1.807) is 17.9 Å². The number of fused-ring (bicyclic) bond motifs is 1. The molecule has 4 rings (SSSR count). The summed E-state index contributed by atoms with van der Waals surface area (Å²) < 4.78 is 46.1. The number of ether oxygens (including phenoxy) is 1. The van der Waals surface area contributed by atoms with Crippen LogP contribution < -0.4 is 0 Å². The predicted molar refractivity (Wildman–Crippen MR) is 126 cm³/mol. The Labute approximate surface area is 205 Å². The molecule has 1 saturated heterocycles. The maximum absolute atomic E-state index is 13.1. The van der Waals surface area contributed by atoms with E-state index in [4.69, 9.17) is 16.3 Å². The number of Topliss-reactive ketones (excluding diaryl/α,β-unsaturated/α-hetero) is 1. The highest BCUT2D eigenvalue weighted by molar-refractivity contribution is 6.31. The molecule has 2 aromatic carbocycles. The molecule has 186 valence electrons. The van der Waals surface area contributed by atoms with Gasteiger partial charge in [-0.25, -0.2) is 0 Å². The molecule has 0 radical (unpaired) electrons. The molecular formula is C25H25ClF3N3O3. The number of ketones is 1. The average molecular weight is 508 g/mol. The summed E-state index contributed by atoms with van der Waals surface area (Å²) in [4.78, 5) is 26.7. The number of rotatable bonds is 8. The first-order valence-electron chi connectivity index (χ1n) is 11.2. The van der Waals surface area contributed by atoms with Crippen molar-refractivity contribution in [1.82, 2.24) is 14.7 Å². The van der Waals surface area contributed by atoms with Crippen molar-refractivity contribution in [2.24, 2.45) is 5.92 Å². The van der Waals surface area contributed by atoms with Gasteiger partial charge in [0.25, 0.3) is 5.91 Å². The van der Waals surface area contributed by atoms with Crippen LogP contribution in [0.3, 0.4) is 0 Å². The number of nitrogens with zero attached hydrogens (tertiary/aromatic N) is 3. The molecule has 1 fully saturated rings. The van der Waals surface area contributed by atoms with Crippen molar-refractivity contribution < 1.29 is 27.5 Å². The molecule has 0 saturated carbocycles. The maximum atomic E-state index is 13.1. The molecule has 1 amide bonds. The Hall–Kier alpha value is -2.91. The number of carbonyl (C=O) groups is 2. The van der Waals surface area contributed by atoms with Gasteiger partial charge in [-0.15, -0.1) is 0 Å². The van der Waals surface area contributed by atoms with E-state index in [-0.39, 0.29) is 17.3 Å². The van der Waals surface area contributed by atoms with Crippen LogP contribution in [0.1, 0.15) is 44.7 Å². The van der Waals surface area contributed by atoms with Crippen molar-refractivity contribution in [2.75, 3.05) is 26.8 Å². The Morgan fingerprint density at radius 2 is 1.94 bits per heavy atom. The van der Waals surface area contributed by atoms with Crippen molar-refractivity contribution >= 4 is 34.2 Å². The van der Waals surface area contributed by atoms with Gasteiger partial charge in [0, 0.05) is 68.4 Å². The highest BCUT2D eigenvalue weighted by Crippen LogP contribution is 2.35. The fourth-order valence-electron chi connectivity index (χ4n) is 4.36. The van der Waals surface area contributed by atoms with Crippen LogP contribution in [0, 0.1) is 12.8 Å². The molecule has 0 N–H and O–H groups in total. The van der Waals surface area contributed by atoms with E-state index in [0.717, 1.165) is 28.6 Å². The monoisotopic (exact) mass is 507 g/mol. The van der Waals surface area contributed by atoms with Crippen molar-refractivity contribution in [1.29, 1.82) is 0 Å². The Kier molecular flexibility index (Phi) is 7.19. The molecule has 0 unspecified atom stereocenters. The molecule has 3 aromatic rings. The van der Waals surface area contributed by atoms with E-state index in [2.05, 4.69) is 5.10 Å². The number of hydrogen-bond acceptors (Lipinski definition) is 4. The number of aryl methyl sites for hydroxylation is 1. The quantitative estimate of drug-likeness (QED) is 0.302. The fraction of sp³-hybridized carbons (Fsp3) is 0.400. The molecule has 0 spiro atoms. The summed E-state index contributed by atoms with van der Waals surface area (Å²) >= 11 is 5.65. The van der Waals surface area contributed by atoms with Gasteiger partial charge in [-0.3, -0.25) is 14.3 Å². The number of benzene rings is 2. The van der Waals surface area contributed by atoms with E-state index in [1.807, 2.05) is 19.2 Å². The van der Waals surface area contributed by atoms with Crippen molar-refractivity contribution in [3.05, 3.63) is 63.8 Å². The lowest BCUT2D eigenvalue weighted by Crippen LogP contribution is -2.51. The number of alkyl halides is 3. The van der Waals surface area contributed by atoms with Crippen LogP contribution in [0.5, 0.6) is 0 Å². The number of methoxy groups -OCH3 is 1. The molecule has 1 aliphatic heterocycles. The van der Waals surface area contributed by atoms with Gasteiger partial charge in [0.2, 0.25) is 0 Å². The third kappa shape index (κ3) is 5.36. The van der Waals surface area contributed by atoms with E-state index in [9.17, 15) is 22.8 Å². The van der Waals surface area contributed by atoms with E-state index < -0.39 is 22.7 Å². The zero-order chi connectivity index (χ0) is 25.3. The van der Waals surface area contributed by atoms with Crippen LogP contribution in [0.2, 0.25) is 5.02 Å². The third-order valence-corrected chi connectivity index (χ3v) is 6.60. The molecule has 0 aliphatic carbocycles. The van der Waals surface area contributed by atoms with Gasteiger partial charge in [-0.05, 0) is 49.2 Å². The summed E-state index contributed by atoms with van der Waals surface area (Å²) in [7, 11) is 1.61. The molecule has 0 bridgehead atoms. The Morgan fingerprint density at radius 1 is 1.20 bits per heavy atom. The van der Waals surface area contributed by atoms with Gasteiger partial charge in [-0.2, -0.15) is 18.3 Å². The van der Waals surface area contributed by atoms with Crippen molar-refractivity contribution in [2.45, 2.75) is 32.5 Å². The van der Waals surface area contributed by atoms with E-state index in [0.29, 0.717) is 44.6 Å². The van der Waals surface area contributed by atoms with Gasteiger partial charge in [0.05, 0.1) is 16.1 Å². The van der Waals surface area contributed by atoms with Gasteiger partial charge < -0.3 is 9.64 Å². The van der Waals surface area contributed by atoms with Gasteiger partial charge in [-0.1, -0.05) is 11.6 Å². The maximum Gasteiger partial charge on any atom is 0.417 e. The summed E-state index contributed by atoms with van der Waals surface area (Å²) in [5.41, 5.74) is 1.28. The smallest absolute Gasteiger partial charge is 0.385 e. The topological polar surface area (TPSA) is 64.4 Å². The lowest BCUT2D eigenvalue weighted by Gasteiger charge is -2.39. The zero-order valence-corrected chi connectivity index (χ0v) is 20.1. The number of aromatic nitrogens is 2. The van der Waals surface area contributed by atoms with E-state index in [1.165, 1.54) is 11.0 Å². The summed E-state index contributed by atoms with van der Waals surface area (Å²) in [6, 6.07) is 6.84. The number of halogens is 4. The zero-order valence-electron chi connectivity index (χ0n) is 19.4. The molecule has 2 heterocycles. The summed E-state index contributed by atoms with van der Waals surface area (Å²) in [6.45, 7) is 3.84. The minimum absolute atomic E-state index is 0.0386. The van der Waals surface area contributed by atoms with Crippen LogP contribution in [0.15, 0.2) is 36.5 Å². The average Bonchev–Trinajstić information content (AvgIpc) is 3.19. The Morgan fingerprint density at radius 3 is 2.63 bits per heavy atom. The minimum atomic E-state index is -4.63. The summed E-state index contributed by atoms with van der Waals surface area (Å²) in [5.74, 6) is -0.266. The fourth-order valence-corrected chi connectivity index (χ4v) is 4.59. The molecular weight excluding hydrogens is 483 g/mol. The number of amides is 1. The molecule has 1 aliphatic rings. The lowest BCUT2D eigenvalue weighted by atomic mass is 9.98. The highest BCUT2D eigenvalue weighted by Gasteiger charge is 2.36. The van der Waals surface area contributed by atoms with Crippen molar-refractivity contribution in [3.8, 4) is 0 Å². The standard InChI is InChI=1S/C25H25ClF3N3O3/c1-15-18(23(33)4-3-9-35-2)6-8-22-19(15)14-32(30-22)13-16-11-31(12-16)24(34)17-5-7-21(26)20(10-17)25(27,28)29/h5-8,10,14,16H,3-4,9,11-13H2,1-2H3. The molecule has 6 nitrogen and oxygen atoms in total. The van der Waals surface area contributed by atoms with Crippen LogP contribution in [-0.2, 0) is 17.5 Å². The van der Waals surface area contributed by atoms with Crippen LogP contribution in [0.25, 0.3) is 10.9 Å². The predicted octanol–water partition coefficient (Wildman–Crippen LogP) is 5.40. The van der Waals surface area contributed by atoms with Crippen LogP contribution >= 0.6 is 11.6 Å². The first-order valence-corrected chi connectivity index (χ1v) is 11.6. The number of hydrogen-bond donors (Lipinski definition) is 0. The van der Waals surface area contributed by atoms with Crippen LogP contribution in [0.4, 0.5) is 13.2 Å². The molecule has 0 atom stereocenters. The lowest BCUT2D eigenvalue weighted by molar-refractivity contribution is -0.137. The molecule has 35 heavy (non-hydrogen) atoms. The van der Waals surface area contributed by atoms with Gasteiger partial charge in [0.1, 0.15) is 0 Å². The second kappa shape index (κ2) is 9.99. The number of carbonyl (C=O) groups excluding carboxylic acids is 2. The summed E-state index contributed by atoms with van der Waals surface area (Å²) in [5, 5.41) is 5.05. The normalized spacial score (nSPS) is 14.4. The van der Waals surface area contributed by atoms with Gasteiger partial charge in [0.15, 0.2) is 5.78 Å². The van der Waals surface area contributed by atoms with Crippen molar-refractivity contribution in [3.63, 3.8) is 0 Å². The van der Waals surface area contributed by atoms with E-state index >= 15 is 0 Å². The SMILES string of the molecule is COCCCC(=O)c1ccc2nn(CC3CN(C(=O)c4ccc(Cl)c(C(F)(F)F)c4)C3)cc2c1C. The first kappa shape index (κ1) is 25.2. The minimum Gasteiger partial charge on any atom is -0.385 e. The largest absolute Gasteiger partial charge is 0.417 e.